The minimum Gasteiger partial charge on any atom is -0.460 e. The van der Waals surface area contributed by atoms with Crippen molar-refractivity contribution in [3.8, 4) is 0 Å². The smallest absolute Gasteiger partial charge is 0.299 e. The molecule has 7 heteroatoms. The molecule has 2 fully saturated rings. The largest absolute Gasteiger partial charge is 0.460 e. The van der Waals surface area contributed by atoms with Gasteiger partial charge in [-0.2, -0.15) is 0 Å². The van der Waals surface area contributed by atoms with Gasteiger partial charge in [0.05, 0.1) is 6.61 Å². The lowest BCUT2D eigenvalue weighted by atomic mass is 9.97. The van der Waals surface area contributed by atoms with Gasteiger partial charge in [0.15, 0.2) is 0 Å². The highest BCUT2D eigenvalue weighted by Gasteiger charge is 2.42. The van der Waals surface area contributed by atoms with Crippen LogP contribution in [0.2, 0.25) is 0 Å². The number of amidine groups is 1. The van der Waals surface area contributed by atoms with E-state index in [0.717, 1.165) is 24.8 Å². The van der Waals surface area contributed by atoms with Crippen LogP contribution in [-0.4, -0.2) is 37.5 Å². The molecule has 1 aromatic rings. The average Bonchev–Trinajstić information content (AvgIpc) is 2.53. The van der Waals surface area contributed by atoms with E-state index in [1.165, 1.54) is 0 Å². The first-order valence-electron chi connectivity index (χ1n) is 7.52. The van der Waals surface area contributed by atoms with Gasteiger partial charge in [-0.3, -0.25) is 0 Å². The molecule has 1 saturated carbocycles. The highest BCUT2D eigenvalue weighted by Crippen LogP contribution is 2.29. The van der Waals surface area contributed by atoms with Gasteiger partial charge in [0.2, 0.25) is 10.0 Å². The minimum absolute atomic E-state index is 0.00828. The average molecular weight is 324 g/mol. The summed E-state index contributed by atoms with van der Waals surface area (Å²) in [5.41, 5.74) is 0.811. The van der Waals surface area contributed by atoms with E-state index in [-0.39, 0.29) is 18.7 Å². The van der Waals surface area contributed by atoms with E-state index >= 15 is 0 Å². The van der Waals surface area contributed by atoms with Gasteiger partial charge < -0.3 is 9.84 Å². The van der Waals surface area contributed by atoms with E-state index in [0.29, 0.717) is 6.42 Å². The van der Waals surface area contributed by atoms with Crippen LogP contribution in [0.25, 0.3) is 0 Å². The SMILES string of the molecule is O=S1(=O)NC(=N[C@H](CO)c2ccccc2)O[C@H]2CCCC[C@H]21. The topological polar surface area (TPSA) is 88.0 Å². The number of fused-ring (bicyclic) bond motifs is 1. The molecule has 0 bridgehead atoms. The van der Waals surface area contributed by atoms with Gasteiger partial charge in [0.25, 0.3) is 6.02 Å². The van der Waals surface area contributed by atoms with E-state index in [1.807, 2.05) is 30.3 Å². The van der Waals surface area contributed by atoms with E-state index in [9.17, 15) is 13.5 Å². The molecule has 120 valence electrons. The van der Waals surface area contributed by atoms with Crippen LogP contribution in [-0.2, 0) is 14.8 Å². The molecular formula is C15H20N2O4S. The van der Waals surface area contributed by atoms with Crippen molar-refractivity contribution >= 4 is 16.0 Å². The van der Waals surface area contributed by atoms with Gasteiger partial charge in [-0.15, -0.1) is 0 Å². The molecule has 0 aromatic heterocycles. The molecule has 0 amide bonds. The standard InChI is InChI=1S/C15H20N2O4S/c18-10-12(11-6-2-1-3-7-11)16-15-17-22(19,20)14-9-5-4-8-13(14)21-15/h1-3,6-7,12-14,18H,4-5,8-10H2,(H,16,17)/t12-,13+,14-/m1/s1. The summed E-state index contributed by atoms with van der Waals surface area (Å²) in [6.45, 7) is -0.216. The molecule has 0 unspecified atom stereocenters. The molecule has 1 aliphatic heterocycles. The Morgan fingerprint density at radius 3 is 2.73 bits per heavy atom. The third kappa shape index (κ3) is 3.10. The van der Waals surface area contributed by atoms with Crippen molar-refractivity contribution in [1.29, 1.82) is 0 Å². The molecule has 1 heterocycles. The Labute approximate surface area is 130 Å². The molecule has 22 heavy (non-hydrogen) atoms. The first-order chi connectivity index (χ1) is 10.6. The Morgan fingerprint density at radius 1 is 1.27 bits per heavy atom. The zero-order valence-electron chi connectivity index (χ0n) is 12.2. The molecule has 2 aliphatic rings. The predicted molar refractivity (Wildman–Crippen MR) is 82.9 cm³/mol. The molecule has 1 saturated heterocycles. The first kappa shape index (κ1) is 15.3. The summed E-state index contributed by atoms with van der Waals surface area (Å²) < 4.78 is 32.7. The van der Waals surface area contributed by atoms with Crippen molar-refractivity contribution in [1.82, 2.24) is 4.72 Å². The lowest BCUT2D eigenvalue weighted by Crippen LogP contribution is -2.54. The van der Waals surface area contributed by atoms with Crippen LogP contribution in [0.4, 0.5) is 0 Å². The van der Waals surface area contributed by atoms with Crippen LogP contribution in [0.15, 0.2) is 35.3 Å². The Kier molecular flexibility index (Phi) is 4.35. The van der Waals surface area contributed by atoms with Crippen molar-refractivity contribution in [2.24, 2.45) is 4.99 Å². The lowest BCUT2D eigenvalue weighted by Gasteiger charge is -2.36. The Balaban J connectivity index is 1.84. The minimum atomic E-state index is -3.46. The summed E-state index contributed by atoms with van der Waals surface area (Å²) >= 11 is 0. The Bertz CT molecular complexity index is 645. The van der Waals surface area contributed by atoms with Gasteiger partial charge in [0.1, 0.15) is 17.4 Å². The van der Waals surface area contributed by atoms with Crippen molar-refractivity contribution in [3.05, 3.63) is 35.9 Å². The summed E-state index contributed by atoms with van der Waals surface area (Å²) in [6, 6.07) is 8.70. The van der Waals surface area contributed by atoms with Crippen LogP contribution in [0.1, 0.15) is 37.3 Å². The van der Waals surface area contributed by atoms with E-state index in [2.05, 4.69) is 9.71 Å². The summed E-state index contributed by atoms with van der Waals surface area (Å²) in [5, 5.41) is 9.04. The summed E-state index contributed by atoms with van der Waals surface area (Å²) in [4.78, 5) is 4.27. The number of hydrogen-bond acceptors (Lipinski definition) is 5. The zero-order valence-corrected chi connectivity index (χ0v) is 13.0. The van der Waals surface area contributed by atoms with Crippen molar-refractivity contribution in [2.45, 2.75) is 43.1 Å². The highest BCUT2D eigenvalue weighted by atomic mass is 32.2. The predicted octanol–water partition coefficient (Wildman–Crippen LogP) is 1.34. The second kappa shape index (κ2) is 6.26. The van der Waals surface area contributed by atoms with Gasteiger partial charge in [-0.05, 0) is 24.8 Å². The number of ether oxygens (including phenoxy) is 1. The van der Waals surface area contributed by atoms with Crippen LogP contribution >= 0.6 is 0 Å². The second-order valence-corrected chi connectivity index (χ2v) is 7.57. The molecule has 1 aliphatic carbocycles. The molecule has 0 spiro atoms. The maximum absolute atomic E-state index is 12.3. The van der Waals surface area contributed by atoms with Crippen LogP contribution in [0.3, 0.4) is 0 Å². The highest BCUT2D eigenvalue weighted by molar-refractivity contribution is 7.90. The van der Waals surface area contributed by atoms with Crippen LogP contribution in [0.5, 0.6) is 0 Å². The maximum Gasteiger partial charge on any atom is 0.299 e. The third-order valence-corrected chi connectivity index (χ3v) is 5.96. The molecule has 0 radical (unpaired) electrons. The van der Waals surface area contributed by atoms with Crippen molar-refractivity contribution in [3.63, 3.8) is 0 Å². The second-order valence-electron chi connectivity index (χ2n) is 5.67. The fraction of sp³-hybridized carbons (Fsp3) is 0.533. The fourth-order valence-electron chi connectivity index (χ4n) is 3.01. The van der Waals surface area contributed by atoms with Crippen molar-refractivity contribution in [2.75, 3.05) is 6.61 Å². The quantitative estimate of drug-likeness (QED) is 0.878. The number of hydrogen-bond donors (Lipinski definition) is 2. The summed E-state index contributed by atoms with van der Waals surface area (Å²) in [5.74, 6) is 0. The maximum atomic E-state index is 12.3. The summed E-state index contributed by atoms with van der Waals surface area (Å²) in [7, 11) is -3.46. The first-order valence-corrected chi connectivity index (χ1v) is 9.06. The number of benzene rings is 1. The number of aliphatic hydroxyl groups excluding tert-OH is 1. The monoisotopic (exact) mass is 324 g/mol. The lowest BCUT2D eigenvalue weighted by molar-refractivity contribution is 0.130. The molecule has 3 atom stereocenters. The molecular weight excluding hydrogens is 304 g/mol. The Morgan fingerprint density at radius 2 is 2.00 bits per heavy atom. The van der Waals surface area contributed by atoms with Crippen LogP contribution in [0, 0.1) is 0 Å². The zero-order chi connectivity index (χ0) is 15.6. The summed E-state index contributed by atoms with van der Waals surface area (Å²) in [6.07, 6.45) is 2.87. The van der Waals surface area contributed by atoms with Gasteiger partial charge in [-0.25, -0.2) is 18.1 Å². The van der Waals surface area contributed by atoms with Gasteiger partial charge in [0, 0.05) is 0 Å². The van der Waals surface area contributed by atoms with E-state index in [4.69, 9.17) is 4.74 Å². The number of aliphatic imine (C=N–C) groups is 1. The van der Waals surface area contributed by atoms with E-state index in [1.54, 1.807) is 0 Å². The number of aliphatic hydroxyl groups is 1. The third-order valence-electron chi connectivity index (χ3n) is 4.16. The molecule has 6 nitrogen and oxygen atoms in total. The normalized spacial score (nSPS) is 30.0. The van der Waals surface area contributed by atoms with Crippen LogP contribution < -0.4 is 4.72 Å². The van der Waals surface area contributed by atoms with Gasteiger partial charge >= 0.3 is 0 Å². The Hall–Kier alpha value is -1.60. The van der Waals surface area contributed by atoms with E-state index < -0.39 is 21.3 Å². The molecule has 2 N–H and O–H groups in total. The number of nitrogens with one attached hydrogen (secondary N) is 1. The fourth-order valence-corrected chi connectivity index (χ4v) is 4.58. The van der Waals surface area contributed by atoms with Gasteiger partial charge in [-0.1, -0.05) is 36.8 Å². The molecule has 3 rings (SSSR count). The molecule has 1 aromatic carbocycles. The number of nitrogens with zero attached hydrogens (tertiary/aromatic N) is 1. The number of sulfonamides is 1. The number of rotatable bonds is 3. The van der Waals surface area contributed by atoms with Crippen molar-refractivity contribution < 1.29 is 18.3 Å².